The molecular weight excluding hydrogens is 454 g/mol. The van der Waals surface area contributed by atoms with Gasteiger partial charge in [-0.05, 0) is 28.1 Å². The van der Waals surface area contributed by atoms with Gasteiger partial charge >= 0.3 is 6.03 Å². The molecule has 0 aliphatic heterocycles. The number of nitrogens with zero attached hydrogens (tertiary/aromatic N) is 5. The van der Waals surface area contributed by atoms with Gasteiger partial charge in [-0.3, -0.25) is 5.32 Å². The normalized spacial score (nSPS) is 11.3. The number of rotatable bonds is 4. The van der Waals surface area contributed by atoms with E-state index in [9.17, 15) is 13.2 Å². The maximum atomic E-state index is 12.5. The number of anilines is 1. The molecule has 0 radical (unpaired) electrons. The molecule has 14 heteroatoms. The van der Waals surface area contributed by atoms with Crippen LogP contribution < -0.4 is 14.8 Å². The van der Waals surface area contributed by atoms with E-state index >= 15 is 0 Å². The van der Waals surface area contributed by atoms with Gasteiger partial charge in [0, 0.05) is 12.3 Å². The van der Waals surface area contributed by atoms with E-state index < -0.39 is 16.1 Å². The number of imidazole rings is 1. The number of ether oxygens (including phenoxy) is 1. The Morgan fingerprint density at radius 1 is 1.35 bits per heavy atom. The average Bonchev–Trinajstić information content (AvgIpc) is 2.89. The summed E-state index contributed by atoms with van der Waals surface area (Å²) in [7, 11) is -2.96. The third-order valence-corrected chi connectivity index (χ3v) is 5.24. The highest BCUT2D eigenvalue weighted by Crippen LogP contribution is 2.22. The molecule has 0 spiro atoms. The van der Waals surface area contributed by atoms with Crippen molar-refractivity contribution >= 4 is 55.2 Å². The lowest BCUT2D eigenvalue weighted by atomic mass is 10.6. The van der Waals surface area contributed by atoms with Crippen LogP contribution in [-0.2, 0) is 10.0 Å². The number of hydrogen-bond acceptors (Lipinski definition) is 8. The first-order chi connectivity index (χ1) is 12.3. The van der Waals surface area contributed by atoms with Crippen molar-refractivity contribution in [2.45, 2.75) is 5.03 Å². The third-order valence-electron chi connectivity index (χ3n) is 2.90. The maximum absolute atomic E-state index is 12.5. The summed E-state index contributed by atoms with van der Waals surface area (Å²) < 4.78 is 32.8. The predicted octanol–water partition coefficient (Wildman–Crippen LogP) is 1.45. The van der Waals surface area contributed by atoms with Crippen LogP contribution >= 0.6 is 27.5 Å². The number of sulfonamides is 1. The Hall–Kier alpha value is -2.51. The summed E-state index contributed by atoms with van der Waals surface area (Å²) in [4.78, 5) is 23.6. The maximum Gasteiger partial charge on any atom is 0.335 e. The summed E-state index contributed by atoms with van der Waals surface area (Å²) in [6.07, 6.45) is 1.38. The zero-order valence-electron chi connectivity index (χ0n) is 12.8. The highest BCUT2D eigenvalue weighted by Gasteiger charge is 2.27. The Kier molecular flexibility index (Phi) is 4.93. The third kappa shape index (κ3) is 3.68. The molecule has 2 N–H and O–H groups in total. The predicted molar refractivity (Wildman–Crippen MR) is 93.6 cm³/mol. The van der Waals surface area contributed by atoms with Crippen LogP contribution in [0.5, 0.6) is 5.88 Å². The number of fused-ring (bicyclic) bond motifs is 1. The molecular formula is C12H9BrClN7O4S. The Bertz CT molecular complexity index is 1100. The first-order valence-electron chi connectivity index (χ1n) is 6.72. The molecule has 0 saturated heterocycles. The Morgan fingerprint density at radius 2 is 2.12 bits per heavy atom. The molecule has 0 atom stereocenters. The van der Waals surface area contributed by atoms with Crippen LogP contribution in [-0.4, -0.2) is 46.1 Å². The lowest BCUT2D eigenvalue weighted by Crippen LogP contribution is -2.35. The minimum absolute atomic E-state index is 0.00262. The minimum atomic E-state index is -4.31. The average molecular weight is 463 g/mol. The van der Waals surface area contributed by atoms with E-state index in [2.05, 4.69) is 41.3 Å². The van der Waals surface area contributed by atoms with Crippen LogP contribution in [0.15, 0.2) is 34.0 Å². The zero-order chi connectivity index (χ0) is 18.9. The van der Waals surface area contributed by atoms with Gasteiger partial charge in [0.05, 0.1) is 7.11 Å². The SMILES string of the molecule is COc1cc(Cl)nc(NC(=O)NS(=O)(=O)c2c(Br)nc3cccnn23)n1. The molecule has 0 aliphatic carbocycles. The van der Waals surface area contributed by atoms with E-state index in [1.54, 1.807) is 12.1 Å². The molecule has 2 amide bonds. The molecule has 0 saturated carbocycles. The second-order valence-electron chi connectivity index (χ2n) is 4.62. The van der Waals surface area contributed by atoms with Crippen LogP contribution in [0.1, 0.15) is 0 Å². The largest absolute Gasteiger partial charge is 0.481 e. The van der Waals surface area contributed by atoms with E-state index in [0.717, 1.165) is 4.52 Å². The summed E-state index contributed by atoms with van der Waals surface area (Å²) in [5.74, 6) is -0.144. The lowest BCUT2D eigenvalue weighted by Gasteiger charge is -2.08. The summed E-state index contributed by atoms with van der Waals surface area (Å²) in [5.41, 5.74) is 0.281. The summed E-state index contributed by atoms with van der Waals surface area (Å²) in [6, 6.07) is 3.37. The number of carbonyl (C=O) groups is 1. The molecule has 3 aromatic rings. The second-order valence-corrected chi connectivity index (χ2v) is 7.35. The van der Waals surface area contributed by atoms with Crippen molar-refractivity contribution in [3.63, 3.8) is 0 Å². The van der Waals surface area contributed by atoms with Gasteiger partial charge in [0.15, 0.2) is 5.65 Å². The first-order valence-corrected chi connectivity index (χ1v) is 9.37. The van der Waals surface area contributed by atoms with Crippen LogP contribution in [0.2, 0.25) is 5.15 Å². The fourth-order valence-electron chi connectivity index (χ4n) is 1.92. The number of carbonyl (C=O) groups excluding carboxylic acids is 1. The number of nitrogens with one attached hydrogen (secondary N) is 2. The number of hydrogen-bond donors (Lipinski definition) is 2. The topological polar surface area (TPSA) is 140 Å². The lowest BCUT2D eigenvalue weighted by molar-refractivity contribution is 0.256. The monoisotopic (exact) mass is 461 g/mol. The van der Waals surface area contributed by atoms with E-state index in [1.807, 2.05) is 4.72 Å². The van der Waals surface area contributed by atoms with E-state index in [1.165, 1.54) is 19.4 Å². The molecule has 0 unspecified atom stereocenters. The van der Waals surface area contributed by atoms with Crippen LogP contribution in [0.4, 0.5) is 10.7 Å². The van der Waals surface area contributed by atoms with Crippen molar-refractivity contribution in [2.75, 3.05) is 12.4 Å². The Labute approximate surface area is 159 Å². The summed E-state index contributed by atoms with van der Waals surface area (Å²) >= 11 is 8.81. The highest BCUT2D eigenvalue weighted by molar-refractivity contribution is 9.10. The van der Waals surface area contributed by atoms with Gasteiger partial charge in [0.1, 0.15) is 9.76 Å². The minimum Gasteiger partial charge on any atom is -0.481 e. The van der Waals surface area contributed by atoms with Gasteiger partial charge in [0.25, 0.3) is 10.0 Å². The van der Waals surface area contributed by atoms with Crippen molar-refractivity contribution in [3.05, 3.63) is 34.2 Å². The standard InChI is InChI=1S/C12H9BrClN7O4S/c1-25-8-5-6(14)16-11(18-8)19-12(22)20-26(23,24)10-9(13)17-7-3-2-4-15-21(7)10/h2-5H,1H3,(H2,16,18,19,20,22). The molecule has 0 bridgehead atoms. The molecule has 11 nitrogen and oxygen atoms in total. The molecule has 0 aliphatic rings. The van der Waals surface area contributed by atoms with Crippen molar-refractivity contribution in [2.24, 2.45) is 0 Å². The fourth-order valence-corrected chi connectivity index (χ4v) is 4.11. The molecule has 136 valence electrons. The van der Waals surface area contributed by atoms with Gasteiger partial charge < -0.3 is 4.74 Å². The van der Waals surface area contributed by atoms with Gasteiger partial charge in [-0.25, -0.2) is 19.5 Å². The van der Waals surface area contributed by atoms with E-state index in [0.29, 0.717) is 0 Å². The Morgan fingerprint density at radius 3 is 2.85 bits per heavy atom. The van der Waals surface area contributed by atoms with Crippen LogP contribution in [0, 0.1) is 0 Å². The van der Waals surface area contributed by atoms with Gasteiger partial charge in [-0.15, -0.1) is 0 Å². The number of urea groups is 1. The van der Waals surface area contributed by atoms with Crippen LogP contribution in [0.25, 0.3) is 5.65 Å². The number of halogens is 2. The van der Waals surface area contributed by atoms with Crippen molar-refractivity contribution in [3.8, 4) is 5.88 Å². The van der Waals surface area contributed by atoms with Gasteiger partial charge in [-0.2, -0.15) is 23.0 Å². The number of aromatic nitrogens is 5. The van der Waals surface area contributed by atoms with E-state index in [4.69, 9.17) is 16.3 Å². The first kappa shape index (κ1) is 18.3. The molecule has 0 aromatic carbocycles. The van der Waals surface area contributed by atoms with Crippen molar-refractivity contribution < 1.29 is 17.9 Å². The van der Waals surface area contributed by atoms with Crippen molar-refractivity contribution in [1.29, 1.82) is 0 Å². The molecule has 26 heavy (non-hydrogen) atoms. The Balaban J connectivity index is 1.86. The van der Waals surface area contributed by atoms with Gasteiger partial charge in [0.2, 0.25) is 16.9 Å². The quantitative estimate of drug-likeness (QED) is 0.555. The van der Waals surface area contributed by atoms with E-state index in [-0.39, 0.29) is 32.3 Å². The van der Waals surface area contributed by atoms with Gasteiger partial charge in [-0.1, -0.05) is 11.6 Å². The fraction of sp³-hybridized carbons (Fsp3) is 0.0833. The molecule has 0 fully saturated rings. The molecule has 3 heterocycles. The number of amides is 2. The highest BCUT2D eigenvalue weighted by atomic mass is 79.9. The summed E-state index contributed by atoms with van der Waals surface area (Å²) in [6.45, 7) is 0. The smallest absolute Gasteiger partial charge is 0.335 e. The second kappa shape index (κ2) is 7.01. The summed E-state index contributed by atoms with van der Waals surface area (Å²) in [5, 5.41) is 5.73. The van der Waals surface area contributed by atoms with Crippen molar-refractivity contribution in [1.82, 2.24) is 29.3 Å². The zero-order valence-corrected chi connectivity index (χ0v) is 16.0. The van der Waals surface area contributed by atoms with Crippen LogP contribution in [0.3, 0.4) is 0 Å². The molecule has 3 aromatic heterocycles. The number of methoxy groups -OCH3 is 1. The molecule has 3 rings (SSSR count).